The fourth-order valence-corrected chi connectivity index (χ4v) is 3.23. The van der Waals surface area contributed by atoms with Crippen molar-refractivity contribution in [3.8, 4) is 0 Å². The van der Waals surface area contributed by atoms with Crippen molar-refractivity contribution in [2.45, 2.75) is 26.2 Å². The van der Waals surface area contributed by atoms with Gasteiger partial charge in [0.05, 0.1) is 12.3 Å². The molecule has 1 amide bonds. The third kappa shape index (κ3) is 2.71. The Labute approximate surface area is 128 Å². The van der Waals surface area contributed by atoms with E-state index >= 15 is 0 Å². The molecule has 1 saturated heterocycles. The minimum atomic E-state index is -0.805. The molecule has 3 rings (SSSR count). The highest BCUT2D eigenvalue weighted by Crippen LogP contribution is 2.24. The van der Waals surface area contributed by atoms with E-state index in [-0.39, 0.29) is 5.91 Å². The quantitative estimate of drug-likeness (QED) is 0.913. The molecule has 0 saturated carbocycles. The largest absolute Gasteiger partial charge is 0.481 e. The van der Waals surface area contributed by atoms with Gasteiger partial charge in [0, 0.05) is 29.7 Å². The first-order valence-electron chi connectivity index (χ1n) is 7.63. The normalized spacial score (nSPS) is 18.6. The topological polar surface area (TPSA) is 73.4 Å². The number of carbonyl (C=O) groups is 2. The van der Waals surface area contributed by atoms with Crippen LogP contribution in [-0.2, 0) is 16.0 Å². The van der Waals surface area contributed by atoms with E-state index in [1.165, 1.54) is 0 Å². The maximum Gasteiger partial charge on any atom is 0.308 e. The number of nitrogens with zero attached hydrogens (tertiary/aromatic N) is 1. The second-order valence-corrected chi connectivity index (χ2v) is 5.97. The second-order valence-electron chi connectivity index (χ2n) is 5.97. The molecule has 2 heterocycles. The average molecular weight is 300 g/mol. The predicted octanol–water partition coefficient (Wildman–Crippen LogP) is 2.34. The standard InChI is InChI=1S/C17H20N2O3/c1-11-14(13-6-2-3-7-15(13)18-11)9-16(20)19-8-4-5-12(10-19)17(21)22/h2-3,6-7,12,18H,4-5,8-10H2,1H3,(H,21,22). The summed E-state index contributed by atoms with van der Waals surface area (Å²) >= 11 is 0. The Bertz CT molecular complexity index is 720. The van der Waals surface area contributed by atoms with Gasteiger partial charge in [-0.05, 0) is 31.4 Å². The zero-order valence-electron chi connectivity index (χ0n) is 12.6. The van der Waals surface area contributed by atoms with Gasteiger partial charge in [0.25, 0.3) is 0 Å². The predicted molar refractivity (Wildman–Crippen MR) is 83.7 cm³/mol. The van der Waals surface area contributed by atoms with Crippen LogP contribution in [0.4, 0.5) is 0 Å². The third-order valence-corrected chi connectivity index (χ3v) is 4.48. The van der Waals surface area contributed by atoms with Crippen LogP contribution in [0.5, 0.6) is 0 Å². The number of para-hydroxylation sites is 1. The minimum Gasteiger partial charge on any atom is -0.481 e. The summed E-state index contributed by atoms with van der Waals surface area (Å²) in [6.45, 7) is 2.96. The van der Waals surface area contributed by atoms with Crippen molar-refractivity contribution in [2.24, 2.45) is 5.92 Å². The summed E-state index contributed by atoms with van der Waals surface area (Å²) in [6.07, 6.45) is 1.74. The van der Waals surface area contributed by atoms with Crippen LogP contribution in [0, 0.1) is 12.8 Å². The average Bonchev–Trinajstić information content (AvgIpc) is 2.83. The van der Waals surface area contributed by atoms with Gasteiger partial charge in [0.1, 0.15) is 0 Å². The molecule has 0 aliphatic carbocycles. The molecule has 0 bridgehead atoms. The number of carbonyl (C=O) groups excluding carboxylic acids is 1. The Hall–Kier alpha value is -2.30. The van der Waals surface area contributed by atoms with E-state index in [9.17, 15) is 9.59 Å². The lowest BCUT2D eigenvalue weighted by Gasteiger charge is -2.30. The first-order chi connectivity index (χ1) is 10.6. The van der Waals surface area contributed by atoms with E-state index < -0.39 is 11.9 Å². The molecule has 2 aromatic rings. The molecule has 1 aliphatic rings. The summed E-state index contributed by atoms with van der Waals surface area (Å²) in [7, 11) is 0. The van der Waals surface area contributed by atoms with Crippen molar-refractivity contribution < 1.29 is 14.7 Å². The number of aryl methyl sites for hydroxylation is 1. The minimum absolute atomic E-state index is 0.0128. The van der Waals surface area contributed by atoms with Crippen LogP contribution in [0.2, 0.25) is 0 Å². The Morgan fingerprint density at radius 2 is 2.14 bits per heavy atom. The van der Waals surface area contributed by atoms with Crippen LogP contribution in [-0.4, -0.2) is 40.0 Å². The lowest BCUT2D eigenvalue weighted by atomic mass is 9.97. The summed E-state index contributed by atoms with van der Waals surface area (Å²) in [5.41, 5.74) is 3.05. The summed E-state index contributed by atoms with van der Waals surface area (Å²) in [5, 5.41) is 10.2. The summed E-state index contributed by atoms with van der Waals surface area (Å²) in [6, 6.07) is 7.94. The van der Waals surface area contributed by atoms with Crippen LogP contribution in [0.25, 0.3) is 10.9 Å². The fraction of sp³-hybridized carbons (Fsp3) is 0.412. The molecule has 1 aromatic carbocycles. The van der Waals surface area contributed by atoms with Crippen LogP contribution in [0.3, 0.4) is 0 Å². The molecule has 1 aliphatic heterocycles. The van der Waals surface area contributed by atoms with Crippen molar-refractivity contribution in [3.63, 3.8) is 0 Å². The molecule has 1 atom stereocenters. The number of aromatic amines is 1. The molecule has 1 unspecified atom stereocenters. The highest BCUT2D eigenvalue weighted by Gasteiger charge is 2.28. The van der Waals surface area contributed by atoms with E-state index in [0.29, 0.717) is 25.9 Å². The number of nitrogens with one attached hydrogen (secondary N) is 1. The number of benzene rings is 1. The van der Waals surface area contributed by atoms with Gasteiger partial charge in [-0.1, -0.05) is 18.2 Å². The highest BCUT2D eigenvalue weighted by molar-refractivity contribution is 5.90. The van der Waals surface area contributed by atoms with Crippen LogP contribution < -0.4 is 0 Å². The zero-order chi connectivity index (χ0) is 15.7. The van der Waals surface area contributed by atoms with E-state index in [1.54, 1.807) is 4.90 Å². The van der Waals surface area contributed by atoms with E-state index in [1.807, 2.05) is 31.2 Å². The van der Waals surface area contributed by atoms with Crippen LogP contribution in [0.1, 0.15) is 24.1 Å². The number of carboxylic acid groups (broad SMARTS) is 1. The van der Waals surface area contributed by atoms with Gasteiger partial charge in [-0.2, -0.15) is 0 Å². The van der Waals surface area contributed by atoms with E-state index in [4.69, 9.17) is 5.11 Å². The number of hydrogen-bond donors (Lipinski definition) is 2. The second kappa shape index (κ2) is 5.83. The van der Waals surface area contributed by atoms with Gasteiger partial charge in [0.15, 0.2) is 0 Å². The van der Waals surface area contributed by atoms with Gasteiger partial charge >= 0.3 is 5.97 Å². The highest BCUT2D eigenvalue weighted by atomic mass is 16.4. The first-order valence-corrected chi connectivity index (χ1v) is 7.63. The Morgan fingerprint density at radius 3 is 2.91 bits per heavy atom. The number of H-pyrrole nitrogens is 1. The van der Waals surface area contributed by atoms with Gasteiger partial charge in [-0.3, -0.25) is 9.59 Å². The van der Waals surface area contributed by atoms with Crippen molar-refractivity contribution in [2.75, 3.05) is 13.1 Å². The molecule has 1 fully saturated rings. The maximum absolute atomic E-state index is 12.5. The molecule has 116 valence electrons. The molecule has 1 aromatic heterocycles. The van der Waals surface area contributed by atoms with Gasteiger partial charge in [0.2, 0.25) is 5.91 Å². The van der Waals surface area contributed by atoms with Crippen molar-refractivity contribution >= 4 is 22.8 Å². The first kappa shape index (κ1) is 14.6. The number of aliphatic carboxylic acids is 1. The van der Waals surface area contributed by atoms with Gasteiger partial charge < -0.3 is 15.0 Å². The lowest BCUT2D eigenvalue weighted by molar-refractivity contribution is -0.145. The summed E-state index contributed by atoms with van der Waals surface area (Å²) in [5.74, 6) is -1.22. The van der Waals surface area contributed by atoms with E-state index in [0.717, 1.165) is 28.6 Å². The molecular weight excluding hydrogens is 280 g/mol. The van der Waals surface area contributed by atoms with E-state index in [2.05, 4.69) is 4.98 Å². The van der Waals surface area contributed by atoms with Crippen LogP contribution in [0.15, 0.2) is 24.3 Å². The SMILES string of the molecule is Cc1[nH]c2ccccc2c1CC(=O)N1CCCC(C(=O)O)C1. The molecule has 0 spiro atoms. The van der Waals surface area contributed by atoms with Crippen LogP contribution >= 0.6 is 0 Å². The zero-order valence-corrected chi connectivity index (χ0v) is 12.6. The number of aromatic nitrogens is 1. The molecular formula is C17H20N2O3. The molecule has 5 nitrogen and oxygen atoms in total. The number of fused-ring (bicyclic) bond motifs is 1. The lowest BCUT2D eigenvalue weighted by Crippen LogP contribution is -2.43. The molecule has 22 heavy (non-hydrogen) atoms. The maximum atomic E-state index is 12.5. The monoisotopic (exact) mass is 300 g/mol. The van der Waals surface area contributed by atoms with Crippen molar-refractivity contribution in [1.82, 2.24) is 9.88 Å². The molecule has 5 heteroatoms. The number of carboxylic acids is 1. The smallest absolute Gasteiger partial charge is 0.308 e. The fourth-order valence-electron chi connectivity index (χ4n) is 3.23. The molecule has 2 N–H and O–H groups in total. The Kier molecular flexibility index (Phi) is 3.88. The van der Waals surface area contributed by atoms with Gasteiger partial charge in [-0.15, -0.1) is 0 Å². The summed E-state index contributed by atoms with van der Waals surface area (Å²) < 4.78 is 0. The van der Waals surface area contributed by atoms with Gasteiger partial charge in [-0.25, -0.2) is 0 Å². The number of hydrogen-bond acceptors (Lipinski definition) is 2. The number of rotatable bonds is 3. The third-order valence-electron chi connectivity index (χ3n) is 4.48. The Morgan fingerprint density at radius 1 is 1.36 bits per heavy atom. The number of piperidine rings is 1. The Balaban J connectivity index is 1.78. The van der Waals surface area contributed by atoms with Crippen molar-refractivity contribution in [1.29, 1.82) is 0 Å². The van der Waals surface area contributed by atoms with Crippen molar-refractivity contribution in [3.05, 3.63) is 35.5 Å². The summed E-state index contributed by atoms with van der Waals surface area (Å²) in [4.78, 5) is 28.7. The number of likely N-dealkylation sites (tertiary alicyclic amines) is 1. The molecule has 0 radical (unpaired) electrons. The number of amides is 1.